The number of hydrogen-bond acceptors (Lipinski definition) is 3. The molecule has 5 nitrogen and oxygen atoms in total. The van der Waals surface area contributed by atoms with Crippen molar-refractivity contribution >= 4 is 10.2 Å². The predicted molar refractivity (Wildman–Crippen MR) is 74.7 cm³/mol. The average molecular weight is 277 g/mol. The van der Waals surface area contributed by atoms with Crippen molar-refractivity contribution in [2.45, 2.75) is 39.2 Å². The zero-order chi connectivity index (χ0) is 13.8. The largest absolute Gasteiger partial charge is 0.314 e. The molecule has 0 amide bonds. The summed E-state index contributed by atoms with van der Waals surface area (Å²) >= 11 is 0. The molecule has 1 heterocycles. The third-order valence-electron chi connectivity index (χ3n) is 3.67. The van der Waals surface area contributed by atoms with Crippen molar-refractivity contribution in [2.75, 3.05) is 33.7 Å². The summed E-state index contributed by atoms with van der Waals surface area (Å²) in [7, 11) is -0.0581. The number of nitrogens with zero attached hydrogens (tertiary/aromatic N) is 2. The van der Waals surface area contributed by atoms with Gasteiger partial charge in [0, 0.05) is 33.2 Å². The van der Waals surface area contributed by atoms with Crippen molar-refractivity contribution in [3.63, 3.8) is 0 Å². The molecule has 1 fully saturated rings. The van der Waals surface area contributed by atoms with Crippen LogP contribution < -0.4 is 5.32 Å². The minimum atomic E-state index is -3.25. The molecule has 1 rings (SSSR count). The van der Waals surface area contributed by atoms with Crippen LogP contribution in [0.25, 0.3) is 0 Å². The molecule has 1 saturated heterocycles. The van der Waals surface area contributed by atoms with Crippen LogP contribution in [-0.4, -0.2) is 56.8 Å². The summed E-state index contributed by atoms with van der Waals surface area (Å²) in [5.41, 5.74) is 0. The van der Waals surface area contributed by atoms with Crippen molar-refractivity contribution in [2.24, 2.45) is 5.92 Å². The van der Waals surface area contributed by atoms with Crippen molar-refractivity contribution in [1.82, 2.24) is 13.9 Å². The second kappa shape index (κ2) is 6.84. The Morgan fingerprint density at radius 2 is 2.00 bits per heavy atom. The molecular formula is C12H27N3O2S. The maximum Gasteiger partial charge on any atom is 0.281 e. The average Bonchev–Trinajstić information content (AvgIpc) is 2.35. The molecule has 0 aromatic rings. The summed E-state index contributed by atoms with van der Waals surface area (Å²) in [6, 6.07) is 0.462. The first-order valence-corrected chi connectivity index (χ1v) is 8.24. The molecule has 0 aromatic heterocycles. The first kappa shape index (κ1) is 15.9. The molecule has 108 valence electrons. The van der Waals surface area contributed by atoms with Crippen LogP contribution in [0.15, 0.2) is 0 Å². The van der Waals surface area contributed by atoms with Gasteiger partial charge in [0.2, 0.25) is 0 Å². The first-order valence-electron chi connectivity index (χ1n) is 6.84. The van der Waals surface area contributed by atoms with Crippen LogP contribution in [0.4, 0.5) is 0 Å². The van der Waals surface area contributed by atoms with E-state index in [2.05, 4.69) is 19.2 Å². The Bertz CT molecular complexity index is 343. The smallest absolute Gasteiger partial charge is 0.281 e. The van der Waals surface area contributed by atoms with Crippen molar-refractivity contribution in [3.8, 4) is 0 Å². The highest BCUT2D eigenvalue weighted by Crippen LogP contribution is 2.23. The fourth-order valence-corrected chi connectivity index (χ4v) is 3.63. The van der Waals surface area contributed by atoms with Gasteiger partial charge in [-0.1, -0.05) is 20.3 Å². The van der Waals surface area contributed by atoms with Crippen LogP contribution >= 0.6 is 0 Å². The number of hydrogen-bond donors (Lipinski definition) is 1. The van der Waals surface area contributed by atoms with Crippen LogP contribution in [0, 0.1) is 5.92 Å². The van der Waals surface area contributed by atoms with E-state index in [0.717, 1.165) is 25.8 Å². The lowest BCUT2D eigenvalue weighted by Crippen LogP contribution is -2.53. The Labute approximate surface area is 112 Å². The highest BCUT2D eigenvalue weighted by molar-refractivity contribution is 7.86. The van der Waals surface area contributed by atoms with E-state index in [9.17, 15) is 8.42 Å². The third kappa shape index (κ3) is 3.66. The van der Waals surface area contributed by atoms with E-state index >= 15 is 0 Å². The molecule has 0 aliphatic carbocycles. The number of nitrogens with one attached hydrogen (secondary N) is 1. The molecule has 6 heteroatoms. The Balaban J connectivity index is 2.66. The standard InChI is InChI=1S/C12H27N3O2S/c1-5-8-13-12-7-9-15(10-11(12)6-2)18(16,17)14(3)4/h11-13H,5-10H2,1-4H3. The van der Waals surface area contributed by atoms with Gasteiger partial charge in [-0.05, 0) is 25.3 Å². The maximum absolute atomic E-state index is 12.1. The molecule has 0 spiro atoms. The van der Waals surface area contributed by atoms with Crippen LogP contribution in [0.5, 0.6) is 0 Å². The van der Waals surface area contributed by atoms with Gasteiger partial charge < -0.3 is 5.32 Å². The van der Waals surface area contributed by atoms with Gasteiger partial charge >= 0.3 is 0 Å². The van der Waals surface area contributed by atoms with Crippen LogP contribution in [0.1, 0.15) is 33.1 Å². The summed E-state index contributed by atoms with van der Waals surface area (Å²) in [5.74, 6) is 0.417. The van der Waals surface area contributed by atoms with E-state index in [4.69, 9.17) is 0 Å². The topological polar surface area (TPSA) is 52.7 Å². The Kier molecular flexibility index (Phi) is 6.04. The highest BCUT2D eigenvalue weighted by Gasteiger charge is 2.34. The van der Waals surface area contributed by atoms with Gasteiger partial charge in [-0.25, -0.2) is 0 Å². The van der Waals surface area contributed by atoms with E-state index < -0.39 is 10.2 Å². The van der Waals surface area contributed by atoms with Gasteiger partial charge in [0.1, 0.15) is 0 Å². The normalized spacial score (nSPS) is 26.7. The van der Waals surface area contributed by atoms with Crippen molar-refractivity contribution < 1.29 is 8.42 Å². The summed E-state index contributed by atoms with van der Waals surface area (Å²) in [6.45, 7) is 6.56. The summed E-state index contributed by atoms with van der Waals surface area (Å²) in [4.78, 5) is 0. The minimum Gasteiger partial charge on any atom is -0.314 e. The molecule has 0 saturated carbocycles. The fraction of sp³-hybridized carbons (Fsp3) is 1.00. The van der Waals surface area contributed by atoms with Crippen LogP contribution in [0.3, 0.4) is 0 Å². The quantitative estimate of drug-likeness (QED) is 0.784. The van der Waals surface area contributed by atoms with Crippen LogP contribution in [0.2, 0.25) is 0 Å². The lowest BCUT2D eigenvalue weighted by Gasteiger charge is -2.38. The van der Waals surface area contributed by atoms with Gasteiger partial charge in [0.25, 0.3) is 10.2 Å². The Hall–Kier alpha value is -0.170. The SMILES string of the molecule is CCCNC1CCN(S(=O)(=O)N(C)C)CC1CC. The second-order valence-corrected chi connectivity index (χ2v) is 7.31. The molecule has 1 aliphatic rings. The van der Waals surface area contributed by atoms with E-state index in [1.165, 1.54) is 4.31 Å². The van der Waals surface area contributed by atoms with E-state index in [1.54, 1.807) is 18.4 Å². The summed E-state index contributed by atoms with van der Waals surface area (Å²) in [5, 5.41) is 3.54. The van der Waals surface area contributed by atoms with Gasteiger partial charge in [-0.3, -0.25) is 0 Å². The van der Waals surface area contributed by atoms with Gasteiger partial charge in [0.05, 0.1) is 0 Å². The zero-order valence-electron chi connectivity index (χ0n) is 12.0. The maximum atomic E-state index is 12.1. The highest BCUT2D eigenvalue weighted by atomic mass is 32.2. The van der Waals surface area contributed by atoms with Crippen molar-refractivity contribution in [3.05, 3.63) is 0 Å². The molecular weight excluding hydrogens is 250 g/mol. The van der Waals surface area contributed by atoms with Gasteiger partial charge in [0.15, 0.2) is 0 Å². The Morgan fingerprint density at radius 3 is 2.50 bits per heavy atom. The molecule has 18 heavy (non-hydrogen) atoms. The van der Waals surface area contributed by atoms with Gasteiger partial charge in [-0.15, -0.1) is 0 Å². The van der Waals surface area contributed by atoms with Crippen molar-refractivity contribution in [1.29, 1.82) is 0 Å². The molecule has 1 aliphatic heterocycles. The number of rotatable bonds is 6. The van der Waals surface area contributed by atoms with E-state index in [-0.39, 0.29) is 0 Å². The fourth-order valence-electron chi connectivity index (χ4n) is 2.45. The molecule has 2 unspecified atom stereocenters. The lowest BCUT2D eigenvalue weighted by molar-refractivity contribution is 0.196. The minimum absolute atomic E-state index is 0.417. The first-order chi connectivity index (χ1) is 8.43. The summed E-state index contributed by atoms with van der Waals surface area (Å²) in [6.07, 6.45) is 3.04. The molecule has 0 bridgehead atoms. The second-order valence-electron chi connectivity index (χ2n) is 5.17. The predicted octanol–water partition coefficient (Wildman–Crippen LogP) is 0.893. The molecule has 0 radical (unpaired) electrons. The van der Waals surface area contributed by atoms with Crippen LogP contribution in [-0.2, 0) is 10.2 Å². The van der Waals surface area contributed by atoms with E-state index in [0.29, 0.717) is 25.0 Å². The van der Waals surface area contributed by atoms with E-state index in [1.807, 2.05) is 0 Å². The van der Waals surface area contributed by atoms with Gasteiger partial charge in [-0.2, -0.15) is 17.0 Å². The third-order valence-corrected chi connectivity index (χ3v) is 5.57. The molecule has 1 N–H and O–H groups in total. The monoisotopic (exact) mass is 277 g/mol. The molecule has 2 atom stereocenters. The Morgan fingerprint density at radius 1 is 1.33 bits per heavy atom. The zero-order valence-corrected chi connectivity index (χ0v) is 12.8. The molecule has 0 aromatic carbocycles. The summed E-state index contributed by atoms with van der Waals surface area (Å²) < 4.78 is 27.1. The lowest BCUT2D eigenvalue weighted by atomic mass is 9.91. The number of piperidine rings is 1.